The highest BCUT2D eigenvalue weighted by Crippen LogP contribution is 2.25. The number of sulfone groups is 1. The predicted octanol–water partition coefficient (Wildman–Crippen LogP) is 1.44. The first kappa shape index (κ1) is 17.3. The lowest BCUT2D eigenvalue weighted by molar-refractivity contribution is 0.161. The third kappa shape index (κ3) is 8.89. The molecule has 1 atom stereocenters. The average Bonchev–Trinajstić information content (AvgIpc) is 3.10. The number of hydrogen-bond donors (Lipinski definition) is 2. The Balaban J connectivity index is 2.02. The van der Waals surface area contributed by atoms with E-state index < -0.39 is 9.84 Å². The Morgan fingerprint density at radius 1 is 1.32 bits per heavy atom. The summed E-state index contributed by atoms with van der Waals surface area (Å²) in [7, 11) is -2.81. The number of unbranched alkanes of at least 4 members (excludes halogenated alkanes) is 1. The summed E-state index contributed by atoms with van der Waals surface area (Å²) in [4.78, 5) is 0. The van der Waals surface area contributed by atoms with Gasteiger partial charge in [-0.2, -0.15) is 11.8 Å². The monoisotopic (exact) mass is 309 g/mol. The van der Waals surface area contributed by atoms with Gasteiger partial charge in [-0.25, -0.2) is 8.42 Å². The van der Waals surface area contributed by atoms with Gasteiger partial charge in [0, 0.05) is 23.6 Å². The summed E-state index contributed by atoms with van der Waals surface area (Å²) in [5.41, 5.74) is -0.140. The van der Waals surface area contributed by atoms with Crippen LogP contribution in [0.15, 0.2) is 0 Å². The van der Waals surface area contributed by atoms with Crippen LogP contribution in [0, 0.1) is 0 Å². The van der Waals surface area contributed by atoms with Crippen LogP contribution in [0.4, 0.5) is 0 Å². The molecule has 0 bridgehead atoms. The minimum atomic E-state index is -2.81. The van der Waals surface area contributed by atoms with Crippen LogP contribution in [-0.2, 0) is 9.84 Å². The van der Waals surface area contributed by atoms with E-state index in [1.54, 1.807) is 11.8 Å². The molecule has 1 aliphatic carbocycles. The molecule has 1 rings (SSSR count). The fourth-order valence-electron chi connectivity index (χ4n) is 1.95. The van der Waals surface area contributed by atoms with Gasteiger partial charge in [0.25, 0.3) is 0 Å². The molecule has 1 saturated carbocycles. The van der Waals surface area contributed by atoms with Crippen molar-refractivity contribution in [2.45, 2.75) is 50.6 Å². The lowest BCUT2D eigenvalue weighted by Crippen LogP contribution is -2.46. The fourth-order valence-corrected chi connectivity index (χ4v) is 4.24. The maximum Gasteiger partial charge on any atom is 0.148 e. The summed E-state index contributed by atoms with van der Waals surface area (Å²) >= 11 is 1.70. The van der Waals surface area contributed by atoms with Crippen LogP contribution in [0.1, 0.15) is 39.0 Å². The van der Waals surface area contributed by atoms with Gasteiger partial charge in [0.05, 0.1) is 12.4 Å². The molecule has 1 fully saturated rings. The molecule has 0 heterocycles. The van der Waals surface area contributed by atoms with Crippen molar-refractivity contribution in [2.75, 3.05) is 30.1 Å². The van der Waals surface area contributed by atoms with Crippen LogP contribution in [-0.4, -0.2) is 55.2 Å². The molecule has 2 N–H and O–H groups in total. The van der Waals surface area contributed by atoms with Gasteiger partial charge in [0.1, 0.15) is 9.84 Å². The minimum Gasteiger partial charge on any atom is -0.394 e. The topological polar surface area (TPSA) is 66.4 Å². The Kier molecular flexibility index (Phi) is 7.14. The number of nitrogens with one attached hydrogen (secondary N) is 1. The Bertz CT molecular complexity index is 355. The van der Waals surface area contributed by atoms with Gasteiger partial charge in [0.15, 0.2) is 0 Å². The van der Waals surface area contributed by atoms with E-state index in [9.17, 15) is 13.5 Å². The average molecular weight is 309 g/mol. The molecular weight excluding hydrogens is 282 g/mol. The second-order valence-corrected chi connectivity index (χ2v) is 9.32. The summed E-state index contributed by atoms with van der Waals surface area (Å²) in [5.74, 6) is 1.96. The van der Waals surface area contributed by atoms with Gasteiger partial charge >= 0.3 is 0 Å². The number of thioether (sulfide) groups is 1. The maximum absolute atomic E-state index is 10.9. The molecule has 1 aliphatic rings. The van der Waals surface area contributed by atoms with Crippen molar-refractivity contribution >= 4 is 21.6 Å². The highest BCUT2D eigenvalue weighted by molar-refractivity contribution is 8.00. The van der Waals surface area contributed by atoms with E-state index in [2.05, 4.69) is 12.2 Å². The molecule has 0 aromatic heterocycles. The van der Waals surface area contributed by atoms with E-state index in [1.165, 1.54) is 19.1 Å². The van der Waals surface area contributed by atoms with E-state index in [0.29, 0.717) is 11.8 Å². The minimum absolute atomic E-state index is 0.140. The van der Waals surface area contributed by atoms with Gasteiger partial charge < -0.3 is 10.4 Å². The van der Waals surface area contributed by atoms with Gasteiger partial charge in [-0.3, -0.25) is 0 Å². The number of aliphatic hydroxyl groups excluding tert-OH is 1. The second-order valence-electron chi connectivity index (χ2n) is 5.84. The Labute approximate surface area is 121 Å². The van der Waals surface area contributed by atoms with Crippen molar-refractivity contribution < 1.29 is 13.5 Å². The summed E-state index contributed by atoms with van der Waals surface area (Å²) in [5, 5.41) is 13.0. The molecule has 0 spiro atoms. The van der Waals surface area contributed by atoms with E-state index in [1.807, 2.05) is 0 Å². The quantitative estimate of drug-likeness (QED) is 0.565. The first-order valence-electron chi connectivity index (χ1n) is 6.99. The highest BCUT2D eigenvalue weighted by atomic mass is 32.2. The fraction of sp³-hybridized carbons (Fsp3) is 1.00. The van der Waals surface area contributed by atoms with Gasteiger partial charge in [0.2, 0.25) is 0 Å². The first-order chi connectivity index (χ1) is 8.85. The standard InChI is InChI=1S/C13H27NO3S2/c1-13(11-15,14-12-5-6-12)7-3-4-8-18-9-10-19(2,16)17/h12,14-15H,3-11H2,1-2H3. The zero-order chi connectivity index (χ0) is 14.4. The zero-order valence-electron chi connectivity index (χ0n) is 12.0. The second kappa shape index (κ2) is 7.86. The normalized spacial score (nSPS) is 19.3. The third-order valence-corrected chi connectivity index (χ3v) is 5.62. The molecule has 0 aromatic carbocycles. The molecule has 0 amide bonds. The summed E-state index contributed by atoms with van der Waals surface area (Å²) < 4.78 is 21.9. The smallest absolute Gasteiger partial charge is 0.148 e. The molecule has 0 aliphatic heterocycles. The van der Waals surface area contributed by atoms with Gasteiger partial charge in [-0.1, -0.05) is 6.42 Å². The van der Waals surface area contributed by atoms with E-state index in [0.717, 1.165) is 25.0 Å². The molecular formula is C13H27NO3S2. The van der Waals surface area contributed by atoms with Crippen LogP contribution in [0.3, 0.4) is 0 Å². The number of rotatable bonds is 11. The van der Waals surface area contributed by atoms with E-state index in [4.69, 9.17) is 0 Å². The number of hydrogen-bond acceptors (Lipinski definition) is 5. The van der Waals surface area contributed by atoms with Crippen molar-refractivity contribution in [3.05, 3.63) is 0 Å². The third-order valence-electron chi connectivity index (χ3n) is 3.34. The SMILES string of the molecule is CC(CO)(CCCCSCCS(C)(=O)=O)NC1CC1. The van der Waals surface area contributed by atoms with Crippen LogP contribution in [0.2, 0.25) is 0 Å². The van der Waals surface area contributed by atoms with Gasteiger partial charge in [-0.15, -0.1) is 0 Å². The highest BCUT2D eigenvalue weighted by Gasteiger charge is 2.31. The molecule has 0 aromatic rings. The molecule has 1 unspecified atom stereocenters. The van der Waals surface area contributed by atoms with Crippen molar-refractivity contribution in [1.29, 1.82) is 0 Å². The van der Waals surface area contributed by atoms with Crippen molar-refractivity contribution in [3.8, 4) is 0 Å². The summed E-state index contributed by atoms with van der Waals surface area (Å²) in [6.07, 6.45) is 6.88. The Morgan fingerprint density at radius 3 is 2.53 bits per heavy atom. The van der Waals surface area contributed by atoms with Crippen LogP contribution < -0.4 is 5.32 Å². The molecule has 4 nitrogen and oxygen atoms in total. The predicted molar refractivity (Wildman–Crippen MR) is 82.5 cm³/mol. The van der Waals surface area contributed by atoms with Gasteiger partial charge in [-0.05, 0) is 38.4 Å². The number of aliphatic hydroxyl groups is 1. The lowest BCUT2D eigenvalue weighted by atomic mass is 9.96. The molecule has 6 heteroatoms. The lowest BCUT2D eigenvalue weighted by Gasteiger charge is -2.29. The van der Waals surface area contributed by atoms with Crippen molar-refractivity contribution in [1.82, 2.24) is 5.32 Å². The molecule has 114 valence electrons. The Hall–Kier alpha value is 0.220. The first-order valence-corrected chi connectivity index (χ1v) is 10.2. The van der Waals surface area contributed by atoms with Crippen LogP contribution in [0.25, 0.3) is 0 Å². The molecule has 19 heavy (non-hydrogen) atoms. The van der Waals surface area contributed by atoms with Crippen LogP contribution in [0.5, 0.6) is 0 Å². The van der Waals surface area contributed by atoms with Crippen molar-refractivity contribution in [3.63, 3.8) is 0 Å². The molecule has 0 radical (unpaired) electrons. The van der Waals surface area contributed by atoms with Crippen molar-refractivity contribution in [2.24, 2.45) is 0 Å². The molecule has 0 saturated heterocycles. The maximum atomic E-state index is 10.9. The van der Waals surface area contributed by atoms with E-state index >= 15 is 0 Å². The van der Waals surface area contributed by atoms with Crippen LogP contribution >= 0.6 is 11.8 Å². The summed E-state index contributed by atoms with van der Waals surface area (Å²) in [6.45, 7) is 2.27. The summed E-state index contributed by atoms with van der Waals surface area (Å²) in [6, 6.07) is 0.612. The zero-order valence-corrected chi connectivity index (χ0v) is 13.7. The largest absolute Gasteiger partial charge is 0.394 e. The Morgan fingerprint density at radius 2 is 2.00 bits per heavy atom. The van der Waals surface area contributed by atoms with E-state index in [-0.39, 0.29) is 17.9 Å².